The number of pyridine rings is 1. The maximum atomic E-state index is 9.29. The normalized spacial score (nSPS) is 24.1. The summed E-state index contributed by atoms with van der Waals surface area (Å²) in [6, 6.07) is 12.7. The Morgan fingerprint density at radius 2 is 2.26 bits per heavy atom. The fraction of sp³-hybridized carbons (Fsp3) is 0.421. The van der Waals surface area contributed by atoms with Gasteiger partial charge in [0.15, 0.2) is 0 Å². The number of thiocarbonyl (C=S) groups is 1. The Morgan fingerprint density at radius 3 is 3.04 bits per heavy atom. The Kier molecular flexibility index (Phi) is 4.58. The number of nitrogens with zero attached hydrogens (tertiary/aromatic N) is 2. The minimum Gasteiger partial charge on any atom is -0.382 e. The van der Waals surface area contributed by atoms with E-state index in [4.69, 9.17) is 12.2 Å². The lowest BCUT2D eigenvalue weighted by Crippen LogP contribution is -2.49. The van der Waals surface area contributed by atoms with Crippen molar-refractivity contribution in [2.24, 2.45) is 5.92 Å². The van der Waals surface area contributed by atoms with Crippen LogP contribution in [0.3, 0.4) is 0 Å². The van der Waals surface area contributed by atoms with E-state index in [1.54, 1.807) is 0 Å². The number of likely N-dealkylation sites (N-methyl/N-ethyl adjacent to an activating group) is 1. The van der Waals surface area contributed by atoms with Crippen molar-refractivity contribution >= 4 is 28.1 Å². The van der Waals surface area contributed by atoms with Crippen LogP contribution in [0.25, 0.3) is 10.9 Å². The van der Waals surface area contributed by atoms with Crippen molar-refractivity contribution < 1.29 is 0 Å². The Hall–Kier alpha value is -1.99. The van der Waals surface area contributed by atoms with Crippen LogP contribution in [0.15, 0.2) is 36.5 Å². The second-order valence-corrected chi connectivity index (χ2v) is 6.68. The number of aromatic nitrogens is 1. The third-order valence-corrected chi connectivity index (χ3v) is 5.71. The largest absolute Gasteiger partial charge is 0.382 e. The van der Waals surface area contributed by atoms with Crippen LogP contribution in [0, 0.1) is 17.2 Å². The lowest BCUT2D eigenvalue weighted by atomic mass is 9.61. The predicted molar refractivity (Wildman–Crippen MR) is 97.3 cm³/mol. The minimum atomic E-state index is -0.269. The molecule has 1 saturated carbocycles. The number of nitrogens with one attached hydrogen (secondary N) is 1. The maximum absolute atomic E-state index is 9.29. The highest BCUT2D eigenvalue weighted by Crippen LogP contribution is 2.46. The molecule has 23 heavy (non-hydrogen) atoms. The molecule has 0 spiro atoms. The molecule has 0 unspecified atom stereocenters. The average molecular weight is 323 g/mol. The summed E-state index contributed by atoms with van der Waals surface area (Å²) in [4.78, 5) is 5.48. The van der Waals surface area contributed by atoms with Gasteiger partial charge in [-0.15, -0.1) is 0 Å². The number of nitriles is 1. The van der Waals surface area contributed by atoms with E-state index >= 15 is 0 Å². The summed E-state index contributed by atoms with van der Waals surface area (Å²) in [6.07, 6.45) is 6.83. The zero-order valence-electron chi connectivity index (χ0n) is 13.4. The molecule has 1 heterocycles. The molecule has 1 aromatic carbocycles. The van der Waals surface area contributed by atoms with Gasteiger partial charge in [0, 0.05) is 25.1 Å². The van der Waals surface area contributed by atoms with Gasteiger partial charge in [-0.3, -0.25) is 4.98 Å². The Labute approximate surface area is 142 Å². The number of benzene rings is 1. The lowest BCUT2D eigenvalue weighted by molar-refractivity contribution is 0.255. The highest BCUT2D eigenvalue weighted by atomic mass is 32.1. The first-order chi connectivity index (χ1) is 11.2. The van der Waals surface area contributed by atoms with E-state index in [0.717, 1.165) is 40.7 Å². The SMILES string of the molecule is CNC(=S)[C@]1(c2cnc3ccccc3c2)CCCC[C@H]1CC#N. The van der Waals surface area contributed by atoms with Gasteiger partial charge in [0.2, 0.25) is 0 Å². The summed E-state index contributed by atoms with van der Waals surface area (Å²) in [5, 5.41) is 13.6. The van der Waals surface area contributed by atoms with E-state index in [9.17, 15) is 5.26 Å². The van der Waals surface area contributed by atoms with Crippen LogP contribution in [0.1, 0.15) is 37.7 Å². The predicted octanol–water partition coefficient (Wildman–Crippen LogP) is 4.12. The van der Waals surface area contributed by atoms with Crippen molar-refractivity contribution in [1.29, 1.82) is 5.26 Å². The summed E-state index contributed by atoms with van der Waals surface area (Å²) in [5.41, 5.74) is 1.87. The number of hydrogen-bond acceptors (Lipinski definition) is 3. The van der Waals surface area contributed by atoms with Crippen molar-refractivity contribution in [1.82, 2.24) is 10.3 Å². The monoisotopic (exact) mass is 323 g/mol. The standard InChI is InChI=1S/C19H21N3S/c1-21-18(23)19(10-5-4-7-15(19)9-11-20)16-12-14-6-2-3-8-17(14)22-13-16/h2-3,6,8,12-13,15H,4-5,7,9-10H2,1H3,(H,21,23)/t15-,19+/m0/s1. The summed E-state index contributed by atoms with van der Waals surface area (Å²) in [6.45, 7) is 0. The molecule has 0 bridgehead atoms. The molecule has 0 saturated heterocycles. The molecule has 1 aliphatic rings. The molecule has 118 valence electrons. The van der Waals surface area contributed by atoms with Gasteiger partial charge in [-0.1, -0.05) is 43.3 Å². The smallest absolute Gasteiger partial charge is 0.0861 e. The molecule has 0 radical (unpaired) electrons. The Balaban J connectivity index is 2.16. The van der Waals surface area contributed by atoms with Crippen LogP contribution in [0.5, 0.6) is 0 Å². The van der Waals surface area contributed by atoms with Crippen molar-refractivity contribution in [3.63, 3.8) is 0 Å². The maximum Gasteiger partial charge on any atom is 0.0861 e. The first-order valence-corrected chi connectivity index (χ1v) is 8.57. The van der Waals surface area contributed by atoms with Gasteiger partial charge in [-0.25, -0.2) is 0 Å². The van der Waals surface area contributed by atoms with Crippen LogP contribution in [0.2, 0.25) is 0 Å². The summed E-state index contributed by atoms with van der Waals surface area (Å²) in [5.74, 6) is 0.254. The van der Waals surface area contributed by atoms with Crippen molar-refractivity contribution in [2.75, 3.05) is 7.05 Å². The van der Waals surface area contributed by atoms with Crippen LogP contribution in [-0.4, -0.2) is 17.0 Å². The zero-order chi connectivity index (χ0) is 16.3. The van der Waals surface area contributed by atoms with Crippen LogP contribution in [-0.2, 0) is 5.41 Å². The van der Waals surface area contributed by atoms with E-state index in [1.165, 1.54) is 6.42 Å². The van der Waals surface area contributed by atoms with Gasteiger partial charge >= 0.3 is 0 Å². The van der Waals surface area contributed by atoms with Crippen molar-refractivity contribution in [3.8, 4) is 6.07 Å². The third kappa shape index (κ3) is 2.70. The van der Waals surface area contributed by atoms with Crippen LogP contribution in [0.4, 0.5) is 0 Å². The average Bonchev–Trinajstić information content (AvgIpc) is 2.61. The van der Waals surface area contributed by atoms with E-state index in [0.29, 0.717) is 6.42 Å². The quantitative estimate of drug-likeness (QED) is 0.863. The second kappa shape index (κ2) is 6.64. The molecule has 1 N–H and O–H groups in total. The molecule has 0 aliphatic heterocycles. The topological polar surface area (TPSA) is 48.7 Å². The molecule has 3 nitrogen and oxygen atoms in total. The fourth-order valence-electron chi connectivity index (χ4n) is 3.98. The van der Waals surface area contributed by atoms with Gasteiger partial charge < -0.3 is 5.32 Å². The van der Waals surface area contributed by atoms with E-state index in [1.807, 2.05) is 31.4 Å². The number of hydrogen-bond donors (Lipinski definition) is 1. The Morgan fingerprint density at radius 1 is 1.43 bits per heavy atom. The van der Waals surface area contributed by atoms with Crippen molar-refractivity contribution in [2.45, 2.75) is 37.5 Å². The molecule has 1 fully saturated rings. The first-order valence-electron chi connectivity index (χ1n) is 8.17. The van der Waals surface area contributed by atoms with Crippen LogP contribution >= 0.6 is 12.2 Å². The molecular formula is C19H21N3S. The zero-order valence-corrected chi connectivity index (χ0v) is 14.2. The molecule has 4 heteroatoms. The fourth-order valence-corrected chi connectivity index (χ4v) is 4.37. The van der Waals surface area contributed by atoms with Crippen LogP contribution < -0.4 is 5.32 Å². The molecule has 3 rings (SSSR count). The summed E-state index contributed by atoms with van der Waals surface area (Å²) in [7, 11) is 1.89. The van der Waals surface area contributed by atoms with Gasteiger partial charge in [-0.05, 0) is 36.5 Å². The number of fused-ring (bicyclic) bond motifs is 1. The van der Waals surface area contributed by atoms with Gasteiger partial charge in [0.25, 0.3) is 0 Å². The third-order valence-electron chi connectivity index (χ3n) is 5.15. The van der Waals surface area contributed by atoms with E-state index < -0.39 is 0 Å². The second-order valence-electron chi connectivity index (χ2n) is 6.27. The molecule has 2 atom stereocenters. The highest BCUT2D eigenvalue weighted by molar-refractivity contribution is 7.80. The number of para-hydroxylation sites is 1. The minimum absolute atomic E-state index is 0.254. The lowest BCUT2D eigenvalue weighted by Gasteiger charge is -2.44. The molecule has 0 amide bonds. The van der Waals surface area contributed by atoms with Gasteiger partial charge in [0.05, 0.1) is 22.0 Å². The van der Waals surface area contributed by atoms with Gasteiger partial charge in [-0.2, -0.15) is 5.26 Å². The number of rotatable bonds is 3. The summed E-state index contributed by atoms with van der Waals surface area (Å²) >= 11 is 5.74. The molecule has 2 aromatic rings. The van der Waals surface area contributed by atoms with Gasteiger partial charge in [0.1, 0.15) is 0 Å². The Bertz CT molecular complexity index is 765. The molecule has 1 aliphatic carbocycles. The first kappa shape index (κ1) is 15.9. The van der Waals surface area contributed by atoms with E-state index in [-0.39, 0.29) is 11.3 Å². The van der Waals surface area contributed by atoms with Crippen molar-refractivity contribution in [3.05, 3.63) is 42.1 Å². The molecular weight excluding hydrogens is 302 g/mol. The highest BCUT2D eigenvalue weighted by Gasteiger charge is 2.45. The summed E-state index contributed by atoms with van der Waals surface area (Å²) < 4.78 is 0. The molecule has 1 aromatic heterocycles. The van der Waals surface area contributed by atoms with E-state index in [2.05, 4.69) is 28.5 Å².